The highest BCUT2D eigenvalue weighted by molar-refractivity contribution is 6.07. The van der Waals surface area contributed by atoms with Crippen LogP contribution in [-0.2, 0) is 6.42 Å². The lowest BCUT2D eigenvalue weighted by Gasteiger charge is -2.31. The summed E-state index contributed by atoms with van der Waals surface area (Å²) in [6, 6.07) is 25.5. The fourth-order valence-corrected chi connectivity index (χ4v) is 7.77. The van der Waals surface area contributed by atoms with Gasteiger partial charge >= 0.3 is 0 Å². The molecular formula is C37H39N3O2. The molecule has 0 radical (unpaired) electrons. The van der Waals surface area contributed by atoms with Crippen molar-refractivity contribution in [1.29, 1.82) is 0 Å². The number of ketones is 1. The topological polar surface area (TPSA) is 62.3 Å². The van der Waals surface area contributed by atoms with Crippen molar-refractivity contribution < 1.29 is 9.59 Å². The van der Waals surface area contributed by atoms with E-state index in [0.717, 1.165) is 65.4 Å². The summed E-state index contributed by atoms with van der Waals surface area (Å²) in [5, 5.41) is 4.25. The van der Waals surface area contributed by atoms with Crippen LogP contribution in [0.5, 0.6) is 0 Å². The molecule has 3 aliphatic rings. The Bertz CT molecular complexity index is 1620. The normalized spacial score (nSPS) is 23.2. The third-order valence-corrected chi connectivity index (χ3v) is 10.0. The van der Waals surface area contributed by atoms with Crippen molar-refractivity contribution in [3.05, 3.63) is 112 Å². The van der Waals surface area contributed by atoms with Crippen molar-refractivity contribution in [3.8, 4) is 0 Å². The lowest BCUT2D eigenvalue weighted by Crippen LogP contribution is -2.38. The molecule has 1 aromatic heterocycles. The fourth-order valence-electron chi connectivity index (χ4n) is 7.77. The van der Waals surface area contributed by atoms with E-state index in [1.54, 1.807) is 6.20 Å². The quantitative estimate of drug-likeness (QED) is 0.227. The predicted octanol–water partition coefficient (Wildman–Crippen LogP) is 7.54. The Morgan fingerprint density at radius 1 is 0.857 bits per heavy atom. The highest BCUT2D eigenvalue weighted by Gasteiger charge is 2.43. The van der Waals surface area contributed by atoms with Gasteiger partial charge in [0.25, 0.3) is 5.91 Å². The number of nitrogens with one attached hydrogen (secondary N) is 1. The van der Waals surface area contributed by atoms with E-state index < -0.39 is 0 Å². The number of rotatable bonds is 8. The summed E-state index contributed by atoms with van der Waals surface area (Å²) >= 11 is 0. The summed E-state index contributed by atoms with van der Waals surface area (Å²) < 4.78 is 0. The average Bonchev–Trinajstić information content (AvgIpc) is 3.57. The fraction of sp³-hybridized carbons (Fsp3) is 0.378. The van der Waals surface area contributed by atoms with Gasteiger partial charge in [-0.3, -0.25) is 19.5 Å². The largest absolute Gasteiger partial charge is 0.349 e. The molecule has 0 spiro atoms. The molecule has 1 amide bonds. The van der Waals surface area contributed by atoms with Crippen molar-refractivity contribution >= 4 is 22.6 Å². The average molecular weight is 558 g/mol. The van der Waals surface area contributed by atoms with Gasteiger partial charge in [0.15, 0.2) is 5.78 Å². The number of carbonyl (C=O) groups excluding carboxylic acids is 2. The molecule has 42 heavy (non-hydrogen) atoms. The van der Waals surface area contributed by atoms with Crippen molar-refractivity contribution in [2.75, 3.05) is 6.54 Å². The maximum atomic E-state index is 13.2. The lowest BCUT2D eigenvalue weighted by molar-refractivity contribution is 0.0919. The van der Waals surface area contributed by atoms with Crippen LogP contribution in [0.1, 0.15) is 100.0 Å². The van der Waals surface area contributed by atoms with Gasteiger partial charge in [-0.25, -0.2) is 0 Å². The van der Waals surface area contributed by atoms with Gasteiger partial charge in [0.2, 0.25) is 0 Å². The number of carbonyl (C=O) groups is 2. The first-order chi connectivity index (χ1) is 20.5. The monoisotopic (exact) mass is 557 g/mol. The first kappa shape index (κ1) is 27.0. The predicted molar refractivity (Wildman–Crippen MR) is 167 cm³/mol. The summed E-state index contributed by atoms with van der Waals surface area (Å²) in [6.07, 6.45) is 10.3. The molecule has 2 atom stereocenters. The molecule has 1 N–H and O–H groups in total. The van der Waals surface area contributed by atoms with E-state index in [4.69, 9.17) is 0 Å². The van der Waals surface area contributed by atoms with E-state index in [9.17, 15) is 9.59 Å². The molecule has 3 aromatic carbocycles. The molecule has 7 rings (SSSR count). The van der Waals surface area contributed by atoms with Gasteiger partial charge in [0.1, 0.15) is 0 Å². The van der Waals surface area contributed by atoms with E-state index in [2.05, 4.69) is 33.4 Å². The van der Waals surface area contributed by atoms with Crippen LogP contribution >= 0.6 is 0 Å². The smallest absolute Gasteiger partial charge is 0.252 e. The number of Topliss-reactive ketones (excluding diaryl/α,β-unsaturated/α-hetero) is 1. The zero-order chi connectivity index (χ0) is 28.6. The Hall–Kier alpha value is -3.83. The highest BCUT2D eigenvalue weighted by Crippen LogP contribution is 2.53. The minimum absolute atomic E-state index is 0.0180. The van der Waals surface area contributed by atoms with Crippen LogP contribution in [0.4, 0.5) is 0 Å². The number of aromatic nitrogens is 1. The second kappa shape index (κ2) is 11.4. The van der Waals surface area contributed by atoms with E-state index in [1.807, 2.05) is 61.5 Å². The first-order valence-corrected chi connectivity index (χ1v) is 15.7. The highest BCUT2D eigenvalue weighted by atomic mass is 16.1. The van der Waals surface area contributed by atoms with Crippen LogP contribution in [0.25, 0.3) is 10.9 Å². The third-order valence-electron chi connectivity index (χ3n) is 10.0. The Morgan fingerprint density at radius 2 is 1.64 bits per heavy atom. The molecule has 2 bridgehead atoms. The summed E-state index contributed by atoms with van der Waals surface area (Å²) in [6.45, 7) is 3.15. The number of amides is 1. The number of fused-ring (bicyclic) bond motifs is 6. The van der Waals surface area contributed by atoms with Crippen LogP contribution in [0.3, 0.4) is 0 Å². The van der Waals surface area contributed by atoms with Gasteiger partial charge in [-0.05, 0) is 105 Å². The van der Waals surface area contributed by atoms with E-state index >= 15 is 0 Å². The molecule has 5 heteroatoms. The van der Waals surface area contributed by atoms with Crippen molar-refractivity contribution in [2.45, 2.75) is 76.4 Å². The second-order valence-corrected chi connectivity index (χ2v) is 12.6. The number of pyridine rings is 1. The SMILES string of the molecule is Cc1ccc(C(=O)NC2CCC(CCN3[C@@H]4CC[C@H]3c3ccc(C(=O)Cc5ccccc5)cc34)CC2)c2cccnc12. The maximum absolute atomic E-state index is 13.2. The standard InChI is InChI=1S/C37H39N3O2/c1-24-9-15-31(30-8-5-20-38-36(24)30)37(42)39-28-13-10-25(11-14-28)19-21-40-33-17-18-34(40)32-23-27(12-16-29(32)33)35(41)22-26-6-3-2-4-7-26/h2-9,12,15-16,20,23,25,28,33-34H,10-11,13-14,17-19,21-22H2,1H3,(H,39,42)/t25?,28?,33-,34+/m0/s1. The first-order valence-electron chi connectivity index (χ1n) is 15.7. The van der Waals surface area contributed by atoms with Crippen molar-refractivity contribution in [1.82, 2.24) is 15.2 Å². The van der Waals surface area contributed by atoms with Gasteiger partial charge in [-0.2, -0.15) is 0 Å². The van der Waals surface area contributed by atoms with Crippen molar-refractivity contribution in [3.63, 3.8) is 0 Å². The van der Waals surface area contributed by atoms with Gasteiger partial charge in [0.05, 0.1) is 5.52 Å². The molecule has 214 valence electrons. The molecular weight excluding hydrogens is 518 g/mol. The summed E-state index contributed by atoms with van der Waals surface area (Å²) in [5.41, 5.74) is 7.46. The molecule has 1 saturated carbocycles. The maximum Gasteiger partial charge on any atom is 0.252 e. The summed E-state index contributed by atoms with van der Waals surface area (Å²) in [4.78, 5) is 33.4. The molecule has 1 aliphatic carbocycles. The Kier molecular flexibility index (Phi) is 7.37. The number of hydrogen-bond donors (Lipinski definition) is 1. The second-order valence-electron chi connectivity index (χ2n) is 12.6. The molecule has 2 aliphatic heterocycles. The number of hydrogen-bond acceptors (Lipinski definition) is 4. The number of nitrogens with zero attached hydrogens (tertiary/aromatic N) is 2. The molecule has 2 fully saturated rings. The van der Waals surface area contributed by atoms with Crippen LogP contribution < -0.4 is 5.32 Å². The Morgan fingerprint density at radius 3 is 2.45 bits per heavy atom. The molecule has 0 unspecified atom stereocenters. The molecule has 1 saturated heterocycles. The van der Waals surface area contributed by atoms with Crippen LogP contribution in [0.15, 0.2) is 79.0 Å². The van der Waals surface area contributed by atoms with Crippen LogP contribution in [0.2, 0.25) is 0 Å². The third kappa shape index (κ3) is 5.15. The Labute approximate surface area is 248 Å². The molecule has 3 heterocycles. The Balaban J connectivity index is 0.928. The minimum atomic E-state index is 0.0180. The molecule has 4 aromatic rings. The van der Waals surface area contributed by atoms with Gasteiger partial charge in [-0.1, -0.05) is 54.6 Å². The van der Waals surface area contributed by atoms with Gasteiger partial charge < -0.3 is 5.32 Å². The zero-order valence-electron chi connectivity index (χ0n) is 24.4. The number of aryl methyl sites for hydroxylation is 1. The van der Waals surface area contributed by atoms with Gasteiger partial charge in [0, 0.05) is 47.3 Å². The van der Waals surface area contributed by atoms with E-state index in [0.29, 0.717) is 24.4 Å². The minimum Gasteiger partial charge on any atom is -0.349 e. The zero-order valence-corrected chi connectivity index (χ0v) is 24.4. The van der Waals surface area contributed by atoms with Crippen LogP contribution in [-0.4, -0.2) is 34.2 Å². The van der Waals surface area contributed by atoms with E-state index in [-0.39, 0.29) is 17.7 Å². The van der Waals surface area contributed by atoms with Crippen LogP contribution in [0, 0.1) is 12.8 Å². The summed E-state index contributed by atoms with van der Waals surface area (Å²) in [5.74, 6) is 0.924. The molecule has 5 nitrogen and oxygen atoms in total. The lowest BCUT2D eigenvalue weighted by atomic mass is 9.84. The van der Waals surface area contributed by atoms with E-state index in [1.165, 1.54) is 30.4 Å². The van der Waals surface area contributed by atoms with Gasteiger partial charge in [-0.15, -0.1) is 0 Å². The summed E-state index contributed by atoms with van der Waals surface area (Å²) in [7, 11) is 0. The van der Waals surface area contributed by atoms with Crippen molar-refractivity contribution in [2.24, 2.45) is 5.92 Å². The number of benzene rings is 3.